The van der Waals surface area contributed by atoms with Crippen LogP contribution in [0, 0.1) is 6.92 Å². The zero-order valence-electron chi connectivity index (χ0n) is 15.8. The maximum Gasteiger partial charge on any atom is 0.348 e. The van der Waals surface area contributed by atoms with Crippen molar-refractivity contribution in [1.82, 2.24) is 9.55 Å². The molecule has 3 aromatic rings. The monoisotopic (exact) mass is 401 g/mol. The van der Waals surface area contributed by atoms with Crippen LogP contribution in [-0.2, 0) is 9.53 Å². The second kappa shape index (κ2) is 7.81. The summed E-state index contributed by atoms with van der Waals surface area (Å²) in [5.74, 6) is -0.400. The molecule has 0 fully saturated rings. The Labute approximate surface area is 164 Å². The average Bonchev–Trinajstić information content (AvgIpc) is 3.04. The molecule has 0 saturated heterocycles. The van der Waals surface area contributed by atoms with Crippen molar-refractivity contribution in [2.45, 2.75) is 19.9 Å². The van der Waals surface area contributed by atoms with Gasteiger partial charge in [0.1, 0.15) is 21.5 Å². The summed E-state index contributed by atoms with van der Waals surface area (Å²) >= 11 is 1.09. The van der Waals surface area contributed by atoms with Gasteiger partial charge in [0.05, 0.1) is 31.6 Å². The van der Waals surface area contributed by atoms with Crippen LogP contribution in [0.3, 0.4) is 0 Å². The van der Waals surface area contributed by atoms with Crippen molar-refractivity contribution in [3.63, 3.8) is 0 Å². The van der Waals surface area contributed by atoms with E-state index in [1.54, 1.807) is 38.1 Å². The van der Waals surface area contributed by atoms with Crippen molar-refractivity contribution < 1.29 is 19.1 Å². The van der Waals surface area contributed by atoms with Crippen LogP contribution in [0.2, 0.25) is 0 Å². The van der Waals surface area contributed by atoms with E-state index in [4.69, 9.17) is 9.47 Å². The van der Waals surface area contributed by atoms with Gasteiger partial charge in [0, 0.05) is 0 Å². The fourth-order valence-electron chi connectivity index (χ4n) is 2.81. The largest absolute Gasteiger partial charge is 0.495 e. The first kappa shape index (κ1) is 19.6. The Hall–Kier alpha value is -3.20. The minimum Gasteiger partial charge on any atom is -0.495 e. The molecule has 0 saturated carbocycles. The summed E-state index contributed by atoms with van der Waals surface area (Å²) in [6, 6.07) is 6.17. The van der Waals surface area contributed by atoms with Crippen LogP contribution in [0.25, 0.3) is 10.2 Å². The molecule has 1 atom stereocenters. The maximum atomic E-state index is 13.0. The van der Waals surface area contributed by atoms with Crippen LogP contribution in [0.15, 0.2) is 35.4 Å². The Balaban J connectivity index is 1.97. The number of ether oxygens (including phenoxy) is 2. The summed E-state index contributed by atoms with van der Waals surface area (Å²) in [5, 5.41) is 3.07. The highest BCUT2D eigenvalue weighted by atomic mass is 32.1. The van der Waals surface area contributed by atoms with Gasteiger partial charge >= 0.3 is 5.97 Å². The van der Waals surface area contributed by atoms with E-state index in [1.807, 2.05) is 0 Å². The second-order valence-electron chi connectivity index (χ2n) is 6.05. The van der Waals surface area contributed by atoms with E-state index in [0.717, 1.165) is 11.3 Å². The van der Waals surface area contributed by atoms with Gasteiger partial charge in [-0.3, -0.25) is 14.2 Å². The molecule has 28 heavy (non-hydrogen) atoms. The predicted octanol–water partition coefficient (Wildman–Crippen LogP) is 2.76. The second-order valence-corrected chi connectivity index (χ2v) is 7.05. The highest BCUT2D eigenvalue weighted by molar-refractivity contribution is 7.20. The molecule has 1 N–H and O–H groups in total. The molecule has 0 radical (unpaired) electrons. The van der Waals surface area contributed by atoms with Crippen molar-refractivity contribution in [3.05, 3.63) is 51.4 Å². The quantitative estimate of drug-likeness (QED) is 0.660. The first-order valence-corrected chi connectivity index (χ1v) is 9.23. The number of anilines is 1. The van der Waals surface area contributed by atoms with Gasteiger partial charge in [0.2, 0.25) is 5.91 Å². The van der Waals surface area contributed by atoms with Crippen LogP contribution in [0.5, 0.6) is 5.75 Å². The van der Waals surface area contributed by atoms with E-state index in [0.29, 0.717) is 32.1 Å². The molecule has 3 rings (SSSR count). The van der Waals surface area contributed by atoms with Gasteiger partial charge in [0.25, 0.3) is 5.56 Å². The summed E-state index contributed by atoms with van der Waals surface area (Å²) in [6.07, 6.45) is 1.31. The summed E-state index contributed by atoms with van der Waals surface area (Å²) in [4.78, 5) is 42.5. The number of rotatable bonds is 5. The lowest BCUT2D eigenvalue weighted by molar-refractivity contribution is -0.118. The lowest BCUT2D eigenvalue weighted by atomic mass is 10.2. The number of esters is 1. The number of amides is 1. The molecule has 2 heterocycles. The van der Waals surface area contributed by atoms with Gasteiger partial charge in [-0.05, 0) is 31.5 Å². The van der Waals surface area contributed by atoms with E-state index in [2.05, 4.69) is 10.3 Å². The zero-order valence-corrected chi connectivity index (χ0v) is 16.6. The van der Waals surface area contributed by atoms with Crippen molar-refractivity contribution in [2.24, 2.45) is 0 Å². The number of benzene rings is 1. The normalized spacial score (nSPS) is 11.9. The maximum absolute atomic E-state index is 13.0. The zero-order chi connectivity index (χ0) is 20.4. The topological polar surface area (TPSA) is 99.5 Å². The smallest absolute Gasteiger partial charge is 0.348 e. The third kappa shape index (κ3) is 3.36. The average molecular weight is 401 g/mol. The predicted molar refractivity (Wildman–Crippen MR) is 106 cm³/mol. The molecule has 8 nitrogen and oxygen atoms in total. The van der Waals surface area contributed by atoms with Gasteiger partial charge in [0.15, 0.2) is 0 Å². The first-order chi connectivity index (χ1) is 13.4. The van der Waals surface area contributed by atoms with Gasteiger partial charge < -0.3 is 14.8 Å². The molecular weight excluding hydrogens is 382 g/mol. The highest BCUT2D eigenvalue weighted by Gasteiger charge is 2.23. The molecule has 1 aromatic carbocycles. The van der Waals surface area contributed by atoms with Gasteiger partial charge in [-0.1, -0.05) is 12.1 Å². The molecule has 0 aliphatic heterocycles. The van der Waals surface area contributed by atoms with Crippen LogP contribution >= 0.6 is 11.3 Å². The molecule has 0 unspecified atom stereocenters. The SMILES string of the molecule is COC(=O)c1sc2ncn([C@@H](C)C(=O)Nc3ccccc3OC)c(=O)c2c1C. The Morgan fingerprint density at radius 2 is 1.96 bits per heavy atom. The lowest BCUT2D eigenvalue weighted by Crippen LogP contribution is -2.31. The number of hydrogen-bond donors (Lipinski definition) is 1. The Bertz CT molecular complexity index is 1120. The third-order valence-electron chi connectivity index (χ3n) is 4.41. The van der Waals surface area contributed by atoms with Crippen molar-refractivity contribution in [2.75, 3.05) is 19.5 Å². The van der Waals surface area contributed by atoms with Crippen molar-refractivity contribution in [1.29, 1.82) is 0 Å². The number of hydrogen-bond acceptors (Lipinski definition) is 7. The number of nitrogens with zero attached hydrogens (tertiary/aromatic N) is 2. The van der Waals surface area contributed by atoms with E-state index in [1.165, 1.54) is 25.1 Å². The number of aryl methyl sites for hydroxylation is 1. The van der Waals surface area contributed by atoms with Gasteiger partial charge in [-0.25, -0.2) is 9.78 Å². The van der Waals surface area contributed by atoms with Crippen molar-refractivity contribution in [3.8, 4) is 5.75 Å². The molecule has 1 amide bonds. The van der Waals surface area contributed by atoms with Crippen LogP contribution < -0.4 is 15.6 Å². The number of carbonyl (C=O) groups is 2. The molecule has 0 bridgehead atoms. The molecule has 146 valence electrons. The first-order valence-electron chi connectivity index (χ1n) is 8.41. The Morgan fingerprint density at radius 3 is 2.64 bits per heavy atom. The number of aromatic nitrogens is 2. The fourth-order valence-corrected chi connectivity index (χ4v) is 3.87. The Morgan fingerprint density at radius 1 is 1.25 bits per heavy atom. The molecule has 0 aliphatic carbocycles. The van der Waals surface area contributed by atoms with Gasteiger partial charge in [-0.2, -0.15) is 0 Å². The molecule has 9 heteroatoms. The number of methoxy groups -OCH3 is 2. The summed E-state index contributed by atoms with van der Waals surface area (Å²) < 4.78 is 11.2. The standard InChI is InChI=1S/C19H19N3O5S/c1-10-14-17(28-15(10)19(25)27-4)20-9-22(18(14)24)11(2)16(23)21-12-7-5-6-8-13(12)26-3/h5-9,11H,1-4H3,(H,21,23)/t11-/m0/s1. The minimum absolute atomic E-state index is 0.310. The molecule has 2 aromatic heterocycles. The van der Waals surface area contributed by atoms with Crippen molar-refractivity contribution >= 4 is 39.1 Å². The van der Waals surface area contributed by atoms with Crippen LogP contribution in [0.1, 0.15) is 28.2 Å². The number of carbonyl (C=O) groups excluding carboxylic acids is 2. The summed E-state index contributed by atoms with van der Waals surface area (Å²) in [7, 11) is 2.79. The summed E-state index contributed by atoms with van der Waals surface area (Å²) in [5.41, 5.74) is 0.608. The number of fused-ring (bicyclic) bond motifs is 1. The summed E-state index contributed by atoms with van der Waals surface area (Å²) in [6.45, 7) is 3.26. The van der Waals surface area contributed by atoms with E-state index < -0.39 is 23.5 Å². The molecule has 0 aliphatic rings. The van der Waals surface area contributed by atoms with E-state index in [-0.39, 0.29) is 0 Å². The minimum atomic E-state index is -0.824. The molecular formula is C19H19N3O5S. The third-order valence-corrected chi connectivity index (χ3v) is 5.59. The number of thiophene rings is 1. The van der Waals surface area contributed by atoms with E-state index >= 15 is 0 Å². The highest BCUT2D eigenvalue weighted by Crippen LogP contribution is 2.28. The van der Waals surface area contributed by atoms with E-state index in [9.17, 15) is 14.4 Å². The lowest BCUT2D eigenvalue weighted by Gasteiger charge is -2.16. The number of nitrogens with one attached hydrogen (secondary N) is 1. The Kier molecular flexibility index (Phi) is 5.46. The van der Waals surface area contributed by atoms with Gasteiger partial charge in [-0.15, -0.1) is 11.3 Å². The fraction of sp³-hybridized carbons (Fsp3) is 0.263. The van der Waals surface area contributed by atoms with Crippen LogP contribution in [0.4, 0.5) is 5.69 Å². The molecule has 0 spiro atoms. The number of para-hydroxylation sites is 2. The van der Waals surface area contributed by atoms with Crippen LogP contribution in [-0.4, -0.2) is 35.6 Å².